The summed E-state index contributed by atoms with van der Waals surface area (Å²) in [5, 5.41) is 6.83. The number of hydrogen-bond acceptors (Lipinski definition) is 3. The van der Waals surface area contributed by atoms with Gasteiger partial charge in [0.1, 0.15) is 5.01 Å². The minimum atomic E-state index is 0.207. The molecule has 72 valence electrons. The lowest BCUT2D eigenvalue weighted by Crippen LogP contribution is -2.50. The Labute approximate surface area is 83.4 Å². The number of aromatic nitrogens is 1. The van der Waals surface area contributed by atoms with Gasteiger partial charge in [-0.25, -0.2) is 4.98 Å². The number of nitrogens with zero attached hydrogens (tertiary/aromatic N) is 1. The predicted octanol–water partition coefficient (Wildman–Crippen LogP) is 2.30. The lowest BCUT2D eigenvalue weighted by atomic mass is 9.69. The Morgan fingerprint density at radius 3 is 2.69 bits per heavy atom. The fourth-order valence-corrected chi connectivity index (χ4v) is 3.22. The van der Waals surface area contributed by atoms with Crippen molar-refractivity contribution in [3.63, 3.8) is 0 Å². The minimum absolute atomic E-state index is 0.207. The van der Waals surface area contributed by atoms with E-state index in [4.69, 9.17) is 0 Å². The zero-order valence-corrected chi connectivity index (χ0v) is 9.24. The van der Waals surface area contributed by atoms with Crippen molar-refractivity contribution in [1.29, 1.82) is 0 Å². The number of aryl methyl sites for hydroxylation is 1. The largest absolute Gasteiger partial charge is 0.308 e. The quantitative estimate of drug-likeness (QED) is 0.785. The van der Waals surface area contributed by atoms with Crippen LogP contribution in [0, 0.1) is 12.8 Å². The third-order valence-corrected chi connectivity index (χ3v) is 4.07. The van der Waals surface area contributed by atoms with Crippen molar-refractivity contribution in [2.75, 3.05) is 7.05 Å². The molecular formula is C10H16N2S. The van der Waals surface area contributed by atoms with Crippen molar-refractivity contribution in [3.8, 4) is 0 Å². The highest BCUT2D eigenvalue weighted by Gasteiger charge is 2.44. The summed E-state index contributed by atoms with van der Waals surface area (Å²) in [5.74, 6) is 0.844. The molecule has 0 aliphatic heterocycles. The van der Waals surface area contributed by atoms with Crippen molar-refractivity contribution in [2.24, 2.45) is 5.92 Å². The Hall–Kier alpha value is -0.410. The van der Waals surface area contributed by atoms with Crippen LogP contribution in [-0.4, -0.2) is 12.0 Å². The third kappa shape index (κ3) is 1.40. The van der Waals surface area contributed by atoms with Crippen molar-refractivity contribution in [1.82, 2.24) is 10.3 Å². The SMILES string of the molecule is CNC1(c2nc(C)cs2)CC(C)C1. The summed E-state index contributed by atoms with van der Waals surface area (Å²) in [4.78, 5) is 4.57. The van der Waals surface area contributed by atoms with E-state index >= 15 is 0 Å². The third-order valence-electron chi connectivity index (χ3n) is 2.90. The lowest BCUT2D eigenvalue weighted by Gasteiger charge is -2.45. The molecule has 1 aromatic rings. The molecule has 1 saturated carbocycles. The van der Waals surface area contributed by atoms with Gasteiger partial charge < -0.3 is 5.32 Å². The minimum Gasteiger partial charge on any atom is -0.308 e. The van der Waals surface area contributed by atoms with Gasteiger partial charge in [0.15, 0.2) is 0 Å². The topological polar surface area (TPSA) is 24.9 Å². The molecule has 2 nitrogen and oxygen atoms in total. The first-order valence-electron chi connectivity index (χ1n) is 4.78. The van der Waals surface area contributed by atoms with Crippen molar-refractivity contribution >= 4 is 11.3 Å². The molecule has 0 spiro atoms. The second-order valence-electron chi connectivity index (χ2n) is 4.14. The van der Waals surface area contributed by atoms with Crippen LogP contribution < -0.4 is 5.32 Å². The second kappa shape index (κ2) is 3.07. The molecule has 1 N–H and O–H groups in total. The molecule has 0 atom stereocenters. The van der Waals surface area contributed by atoms with Crippen molar-refractivity contribution < 1.29 is 0 Å². The molecule has 1 aromatic heterocycles. The maximum atomic E-state index is 4.57. The number of rotatable bonds is 2. The molecule has 1 heterocycles. The van der Waals surface area contributed by atoms with Crippen LogP contribution in [0.5, 0.6) is 0 Å². The fourth-order valence-electron chi connectivity index (χ4n) is 2.19. The van der Waals surface area contributed by atoms with E-state index in [1.807, 2.05) is 7.05 Å². The van der Waals surface area contributed by atoms with E-state index in [9.17, 15) is 0 Å². The first-order chi connectivity index (χ1) is 6.16. The summed E-state index contributed by atoms with van der Waals surface area (Å²) in [6, 6.07) is 0. The molecule has 1 fully saturated rings. The van der Waals surface area contributed by atoms with Crippen LogP contribution in [0.3, 0.4) is 0 Å². The van der Waals surface area contributed by atoms with Gasteiger partial charge in [0.2, 0.25) is 0 Å². The average molecular weight is 196 g/mol. The maximum Gasteiger partial charge on any atom is 0.113 e. The van der Waals surface area contributed by atoms with Crippen LogP contribution in [0.1, 0.15) is 30.5 Å². The zero-order chi connectivity index (χ0) is 9.47. The van der Waals surface area contributed by atoms with Crippen LogP contribution >= 0.6 is 11.3 Å². The van der Waals surface area contributed by atoms with Gasteiger partial charge in [-0.15, -0.1) is 11.3 Å². The summed E-state index contributed by atoms with van der Waals surface area (Å²) in [5.41, 5.74) is 1.35. The molecule has 0 aromatic carbocycles. The normalized spacial score (nSPS) is 33.0. The Morgan fingerprint density at radius 2 is 2.31 bits per heavy atom. The molecule has 3 heteroatoms. The Balaban J connectivity index is 2.23. The summed E-state index contributed by atoms with van der Waals surface area (Å²) >= 11 is 1.79. The van der Waals surface area contributed by atoms with Gasteiger partial charge in [0.25, 0.3) is 0 Å². The molecule has 1 aliphatic carbocycles. The summed E-state index contributed by atoms with van der Waals surface area (Å²) in [6.45, 7) is 4.36. The smallest absolute Gasteiger partial charge is 0.113 e. The number of thiazole rings is 1. The van der Waals surface area contributed by atoms with Crippen LogP contribution in [-0.2, 0) is 5.54 Å². The summed E-state index contributed by atoms with van der Waals surface area (Å²) < 4.78 is 0. The Bertz CT molecular complexity index is 300. The van der Waals surface area contributed by atoms with E-state index in [1.54, 1.807) is 11.3 Å². The highest BCUT2D eigenvalue weighted by Crippen LogP contribution is 2.45. The van der Waals surface area contributed by atoms with Gasteiger partial charge in [-0.1, -0.05) is 6.92 Å². The van der Waals surface area contributed by atoms with E-state index in [2.05, 4.69) is 29.5 Å². The van der Waals surface area contributed by atoms with Crippen LogP contribution in [0.4, 0.5) is 0 Å². The average Bonchev–Trinajstić information content (AvgIpc) is 2.46. The van der Waals surface area contributed by atoms with E-state index in [-0.39, 0.29) is 5.54 Å². The van der Waals surface area contributed by atoms with Gasteiger partial charge in [0, 0.05) is 11.1 Å². The molecule has 2 rings (SSSR count). The summed E-state index contributed by atoms with van der Waals surface area (Å²) in [6.07, 6.45) is 2.47. The highest BCUT2D eigenvalue weighted by atomic mass is 32.1. The van der Waals surface area contributed by atoms with Gasteiger partial charge in [-0.2, -0.15) is 0 Å². The number of hydrogen-bond donors (Lipinski definition) is 1. The molecular weight excluding hydrogens is 180 g/mol. The lowest BCUT2D eigenvalue weighted by molar-refractivity contribution is 0.124. The molecule has 0 saturated heterocycles. The molecule has 13 heavy (non-hydrogen) atoms. The van der Waals surface area contributed by atoms with Gasteiger partial charge in [-0.3, -0.25) is 0 Å². The van der Waals surface area contributed by atoms with Crippen LogP contribution in [0.15, 0.2) is 5.38 Å². The first kappa shape index (κ1) is 9.16. The Kier molecular flexibility index (Phi) is 2.16. The van der Waals surface area contributed by atoms with Crippen LogP contribution in [0.25, 0.3) is 0 Å². The van der Waals surface area contributed by atoms with Crippen molar-refractivity contribution in [3.05, 3.63) is 16.1 Å². The van der Waals surface area contributed by atoms with Gasteiger partial charge in [-0.05, 0) is 32.7 Å². The first-order valence-corrected chi connectivity index (χ1v) is 5.66. The van der Waals surface area contributed by atoms with E-state index in [0.717, 1.165) is 11.6 Å². The van der Waals surface area contributed by atoms with Gasteiger partial charge >= 0.3 is 0 Å². The Morgan fingerprint density at radius 1 is 1.62 bits per heavy atom. The van der Waals surface area contributed by atoms with Crippen LogP contribution in [0.2, 0.25) is 0 Å². The van der Waals surface area contributed by atoms with Crippen molar-refractivity contribution in [2.45, 2.75) is 32.2 Å². The molecule has 0 bridgehead atoms. The fraction of sp³-hybridized carbons (Fsp3) is 0.700. The molecule has 0 radical (unpaired) electrons. The monoisotopic (exact) mass is 196 g/mol. The zero-order valence-electron chi connectivity index (χ0n) is 8.42. The standard InChI is InChI=1S/C10H16N2S/c1-7-4-10(5-7,11-3)9-12-8(2)6-13-9/h6-7,11H,4-5H2,1-3H3. The summed E-state index contributed by atoms with van der Waals surface area (Å²) in [7, 11) is 2.04. The van der Waals surface area contributed by atoms with E-state index in [0.29, 0.717) is 0 Å². The van der Waals surface area contributed by atoms with E-state index in [1.165, 1.54) is 17.8 Å². The second-order valence-corrected chi connectivity index (χ2v) is 5.00. The molecule has 1 aliphatic rings. The highest BCUT2D eigenvalue weighted by molar-refractivity contribution is 7.09. The van der Waals surface area contributed by atoms with Gasteiger partial charge in [0.05, 0.1) is 5.54 Å². The molecule has 0 unspecified atom stereocenters. The van der Waals surface area contributed by atoms with E-state index < -0.39 is 0 Å². The molecule has 0 amide bonds. The predicted molar refractivity (Wildman–Crippen MR) is 56.0 cm³/mol. The maximum absolute atomic E-state index is 4.57. The number of nitrogens with one attached hydrogen (secondary N) is 1.